The van der Waals surface area contributed by atoms with Gasteiger partial charge in [-0.05, 0) is 37.4 Å². The lowest BCUT2D eigenvalue weighted by molar-refractivity contribution is -0.118. The molecular weight excluding hydrogens is 417 g/mol. The van der Waals surface area contributed by atoms with E-state index in [2.05, 4.69) is 5.10 Å². The number of aromatic nitrogens is 2. The third kappa shape index (κ3) is 3.81. The number of hydrogen-bond acceptors (Lipinski definition) is 2. The molecule has 3 aromatic carbocycles. The molecule has 0 spiro atoms. The number of benzene rings is 3. The van der Waals surface area contributed by atoms with E-state index in [4.69, 9.17) is 23.2 Å². The number of hydrogen-bond donors (Lipinski definition) is 0. The largest absolute Gasteiger partial charge is 0.306 e. The molecule has 0 radical (unpaired) electrons. The molecule has 0 bridgehead atoms. The lowest BCUT2D eigenvalue weighted by atomic mass is 10.1. The lowest BCUT2D eigenvalue weighted by Crippen LogP contribution is -2.35. The van der Waals surface area contributed by atoms with E-state index in [1.165, 1.54) is 0 Å². The Bertz CT molecular complexity index is 1200. The van der Waals surface area contributed by atoms with Gasteiger partial charge in [0.05, 0.1) is 23.6 Å². The number of anilines is 1. The maximum Gasteiger partial charge on any atom is 0.245 e. The van der Waals surface area contributed by atoms with Crippen LogP contribution in [0.4, 0.5) is 5.69 Å². The summed E-state index contributed by atoms with van der Waals surface area (Å²) in [6, 6.07) is 23.6. The van der Waals surface area contributed by atoms with E-state index in [0.717, 1.165) is 33.4 Å². The van der Waals surface area contributed by atoms with E-state index >= 15 is 0 Å². The molecule has 1 heterocycles. The molecule has 0 aliphatic carbocycles. The molecule has 0 saturated carbocycles. The number of nitrogens with zero attached hydrogens (tertiary/aromatic N) is 3. The normalized spacial score (nSPS) is 12.1. The Morgan fingerprint density at radius 1 is 1.03 bits per heavy atom. The zero-order valence-electron chi connectivity index (χ0n) is 16.7. The molecule has 0 N–H and O–H groups in total. The smallest absolute Gasteiger partial charge is 0.245 e. The van der Waals surface area contributed by atoms with Crippen LogP contribution in [0.15, 0.2) is 72.8 Å². The van der Waals surface area contributed by atoms with Gasteiger partial charge in [-0.2, -0.15) is 5.10 Å². The fraction of sp³-hybridized carbons (Fsp3) is 0.167. The molecule has 30 heavy (non-hydrogen) atoms. The van der Waals surface area contributed by atoms with Crippen molar-refractivity contribution in [2.24, 2.45) is 0 Å². The average molecular weight is 438 g/mol. The summed E-state index contributed by atoms with van der Waals surface area (Å²) in [5.74, 6) is -0.184. The third-order valence-electron chi connectivity index (χ3n) is 5.10. The van der Waals surface area contributed by atoms with Crippen molar-refractivity contribution in [3.8, 4) is 5.69 Å². The summed E-state index contributed by atoms with van der Waals surface area (Å²) >= 11 is 13.0. The van der Waals surface area contributed by atoms with Crippen molar-refractivity contribution in [2.75, 3.05) is 4.90 Å². The molecule has 4 aromatic rings. The lowest BCUT2D eigenvalue weighted by Gasteiger charge is -2.25. The first-order valence-corrected chi connectivity index (χ1v) is 10.5. The highest BCUT2D eigenvalue weighted by atomic mass is 35.5. The molecule has 152 valence electrons. The van der Waals surface area contributed by atoms with E-state index in [9.17, 15) is 4.79 Å². The zero-order chi connectivity index (χ0) is 21.3. The van der Waals surface area contributed by atoms with Gasteiger partial charge in [-0.1, -0.05) is 66.2 Å². The van der Waals surface area contributed by atoms with E-state index in [-0.39, 0.29) is 12.5 Å². The fourth-order valence-corrected chi connectivity index (χ4v) is 4.00. The molecule has 4 nitrogen and oxygen atoms in total. The van der Waals surface area contributed by atoms with Gasteiger partial charge < -0.3 is 4.90 Å². The second kappa shape index (κ2) is 8.50. The predicted octanol–water partition coefficient (Wildman–Crippen LogP) is 6.15. The molecule has 0 unspecified atom stereocenters. The van der Waals surface area contributed by atoms with Crippen LogP contribution in [0.1, 0.15) is 18.2 Å². The van der Waals surface area contributed by atoms with Crippen molar-refractivity contribution in [3.05, 3.63) is 89.2 Å². The maximum atomic E-state index is 13.1. The maximum absolute atomic E-state index is 13.1. The van der Waals surface area contributed by atoms with Crippen LogP contribution in [0.2, 0.25) is 5.15 Å². The Kier molecular flexibility index (Phi) is 5.80. The number of amides is 1. The predicted molar refractivity (Wildman–Crippen MR) is 124 cm³/mol. The Balaban J connectivity index is 1.81. The first-order chi connectivity index (χ1) is 14.5. The summed E-state index contributed by atoms with van der Waals surface area (Å²) in [7, 11) is 0. The molecular formula is C24H21Cl2N3O. The zero-order valence-corrected chi connectivity index (χ0v) is 18.2. The standard InChI is InChI=1S/C24H21Cl2N3O/c1-16(25)24(30)28(22-14-8-10-18-9-6-7-13-20(18)22)15-21-17(2)27-29(23(21)26)19-11-4-3-5-12-19/h3-14,16H,15H2,1-2H3/t16-/m0/s1. The van der Waals surface area contributed by atoms with Gasteiger partial charge in [0.2, 0.25) is 5.91 Å². The van der Waals surface area contributed by atoms with Crippen LogP contribution in [0.5, 0.6) is 0 Å². The van der Waals surface area contributed by atoms with Crippen LogP contribution < -0.4 is 4.90 Å². The van der Waals surface area contributed by atoms with Crippen molar-refractivity contribution in [2.45, 2.75) is 25.8 Å². The van der Waals surface area contributed by atoms with Gasteiger partial charge >= 0.3 is 0 Å². The van der Waals surface area contributed by atoms with Crippen molar-refractivity contribution in [1.29, 1.82) is 0 Å². The summed E-state index contributed by atoms with van der Waals surface area (Å²) in [6.07, 6.45) is 0. The van der Waals surface area contributed by atoms with E-state index in [0.29, 0.717) is 5.15 Å². The molecule has 1 atom stereocenters. The second-order valence-electron chi connectivity index (χ2n) is 7.14. The minimum absolute atomic E-state index is 0.184. The minimum Gasteiger partial charge on any atom is -0.306 e. The fourth-order valence-electron chi connectivity index (χ4n) is 3.55. The Morgan fingerprint density at radius 3 is 2.43 bits per heavy atom. The molecule has 0 aliphatic rings. The number of fused-ring (bicyclic) bond motifs is 1. The van der Waals surface area contributed by atoms with Crippen LogP contribution in [-0.2, 0) is 11.3 Å². The summed E-state index contributed by atoms with van der Waals surface area (Å²) in [5.41, 5.74) is 3.22. The molecule has 0 aliphatic heterocycles. The van der Waals surface area contributed by atoms with Crippen molar-refractivity contribution < 1.29 is 4.79 Å². The summed E-state index contributed by atoms with van der Waals surface area (Å²) < 4.78 is 1.70. The number of halogens is 2. The monoisotopic (exact) mass is 437 g/mol. The molecule has 0 fully saturated rings. The Labute approximate surface area is 185 Å². The molecule has 6 heteroatoms. The quantitative estimate of drug-likeness (QED) is 0.351. The van der Waals surface area contributed by atoms with Crippen LogP contribution in [0, 0.1) is 6.92 Å². The van der Waals surface area contributed by atoms with Crippen molar-refractivity contribution in [1.82, 2.24) is 9.78 Å². The van der Waals surface area contributed by atoms with Crippen LogP contribution in [-0.4, -0.2) is 21.1 Å². The van der Waals surface area contributed by atoms with Gasteiger partial charge in [0.25, 0.3) is 0 Å². The first-order valence-electron chi connectivity index (χ1n) is 9.70. The minimum atomic E-state index is -0.674. The van der Waals surface area contributed by atoms with E-state index < -0.39 is 5.38 Å². The van der Waals surface area contributed by atoms with Gasteiger partial charge in [0, 0.05) is 10.9 Å². The van der Waals surface area contributed by atoms with Gasteiger partial charge in [-0.25, -0.2) is 4.68 Å². The average Bonchev–Trinajstić information content (AvgIpc) is 3.05. The third-order valence-corrected chi connectivity index (χ3v) is 5.68. The van der Waals surface area contributed by atoms with Crippen molar-refractivity contribution in [3.63, 3.8) is 0 Å². The summed E-state index contributed by atoms with van der Waals surface area (Å²) in [6.45, 7) is 3.86. The summed E-state index contributed by atoms with van der Waals surface area (Å²) in [5, 5.41) is 6.45. The number of rotatable bonds is 5. The highest BCUT2D eigenvalue weighted by molar-refractivity contribution is 6.33. The van der Waals surface area contributed by atoms with Gasteiger partial charge in [0.15, 0.2) is 0 Å². The highest BCUT2D eigenvalue weighted by Crippen LogP contribution is 2.32. The SMILES string of the molecule is Cc1nn(-c2ccccc2)c(Cl)c1CN(C(=O)[C@H](C)Cl)c1cccc2ccccc12. The van der Waals surface area contributed by atoms with Crippen LogP contribution in [0.3, 0.4) is 0 Å². The number of carbonyl (C=O) groups excluding carboxylic acids is 1. The van der Waals surface area contributed by atoms with E-state index in [1.807, 2.05) is 79.7 Å². The molecule has 1 aromatic heterocycles. The summed E-state index contributed by atoms with van der Waals surface area (Å²) in [4.78, 5) is 14.8. The van der Waals surface area contributed by atoms with Crippen molar-refractivity contribution >= 4 is 45.6 Å². The van der Waals surface area contributed by atoms with Crippen LogP contribution in [0.25, 0.3) is 16.5 Å². The molecule has 4 rings (SSSR count). The van der Waals surface area contributed by atoms with E-state index in [1.54, 1.807) is 16.5 Å². The first kappa shape index (κ1) is 20.5. The second-order valence-corrected chi connectivity index (χ2v) is 8.15. The number of alkyl halides is 1. The van der Waals surface area contributed by atoms with Gasteiger partial charge in [0.1, 0.15) is 10.5 Å². The number of aryl methyl sites for hydroxylation is 1. The van der Waals surface area contributed by atoms with Crippen LogP contribution >= 0.6 is 23.2 Å². The van der Waals surface area contributed by atoms with Gasteiger partial charge in [-0.15, -0.1) is 11.6 Å². The number of carbonyl (C=O) groups is 1. The molecule has 0 saturated heterocycles. The van der Waals surface area contributed by atoms with Gasteiger partial charge in [-0.3, -0.25) is 4.79 Å². The topological polar surface area (TPSA) is 38.1 Å². The Hall–Kier alpha value is -2.82. The number of para-hydroxylation sites is 1. The Morgan fingerprint density at radius 2 is 1.70 bits per heavy atom. The molecule has 1 amide bonds. The highest BCUT2D eigenvalue weighted by Gasteiger charge is 2.25.